The number of phenolic OH excluding ortho intramolecular Hbond substituents is 1. The molecule has 0 saturated heterocycles. The Kier molecular flexibility index (Phi) is 3.61. The van der Waals surface area contributed by atoms with Crippen molar-refractivity contribution in [1.82, 2.24) is 0 Å². The van der Waals surface area contributed by atoms with E-state index in [2.05, 4.69) is 18.7 Å². The Balaban J connectivity index is 2.25. The normalized spacial score (nSPS) is 10.1. The zero-order valence-electron chi connectivity index (χ0n) is 9.76. The van der Waals surface area contributed by atoms with E-state index in [0.717, 1.165) is 18.4 Å². The minimum atomic E-state index is 0.363. The maximum Gasteiger partial charge on any atom is 0.119 e. The third-order valence-electron chi connectivity index (χ3n) is 2.76. The molecule has 0 amide bonds. The Bertz CT molecular complexity index is 500. The zero-order valence-corrected chi connectivity index (χ0v) is 9.76. The molecule has 17 heavy (non-hydrogen) atoms. The Morgan fingerprint density at radius 2 is 1.76 bits per heavy atom. The highest BCUT2D eigenvalue weighted by Gasteiger charge is 2.03. The van der Waals surface area contributed by atoms with Crippen LogP contribution in [0.15, 0.2) is 61.2 Å². The summed E-state index contributed by atoms with van der Waals surface area (Å²) in [5.41, 5.74) is 3.36. The Hall–Kier alpha value is -2.02. The van der Waals surface area contributed by atoms with Crippen molar-refractivity contribution in [2.24, 2.45) is 0 Å². The molecule has 0 saturated carbocycles. The summed E-state index contributed by atoms with van der Waals surface area (Å²) in [7, 11) is 0. The Labute approximate surface area is 102 Å². The highest BCUT2D eigenvalue weighted by molar-refractivity contribution is 5.40. The smallest absolute Gasteiger partial charge is 0.119 e. The molecule has 0 atom stereocenters. The van der Waals surface area contributed by atoms with E-state index in [0.29, 0.717) is 5.75 Å². The SMILES string of the molecule is C=CCc1ccc(O)c(Cc2ccccc2)c1. The van der Waals surface area contributed by atoms with Crippen LogP contribution in [0.3, 0.4) is 0 Å². The lowest BCUT2D eigenvalue weighted by atomic mass is 10.0. The summed E-state index contributed by atoms with van der Waals surface area (Å²) in [4.78, 5) is 0. The van der Waals surface area contributed by atoms with Gasteiger partial charge in [0.2, 0.25) is 0 Å². The second-order valence-corrected chi connectivity index (χ2v) is 4.12. The van der Waals surface area contributed by atoms with E-state index in [-0.39, 0.29) is 0 Å². The van der Waals surface area contributed by atoms with Crippen LogP contribution < -0.4 is 0 Å². The van der Waals surface area contributed by atoms with Crippen molar-refractivity contribution in [1.29, 1.82) is 0 Å². The van der Waals surface area contributed by atoms with E-state index in [1.807, 2.05) is 36.4 Å². The van der Waals surface area contributed by atoms with Crippen LogP contribution in [0.5, 0.6) is 5.75 Å². The molecule has 1 nitrogen and oxygen atoms in total. The molecular weight excluding hydrogens is 208 g/mol. The Morgan fingerprint density at radius 3 is 2.47 bits per heavy atom. The fourth-order valence-electron chi connectivity index (χ4n) is 1.89. The number of allylic oxidation sites excluding steroid dienone is 1. The quantitative estimate of drug-likeness (QED) is 0.785. The number of phenols is 1. The molecule has 0 spiro atoms. The van der Waals surface area contributed by atoms with Crippen molar-refractivity contribution in [2.75, 3.05) is 0 Å². The molecule has 2 rings (SSSR count). The van der Waals surface area contributed by atoms with Crippen LogP contribution >= 0.6 is 0 Å². The van der Waals surface area contributed by atoms with Crippen LogP contribution in [0.25, 0.3) is 0 Å². The molecule has 86 valence electrons. The van der Waals surface area contributed by atoms with Crippen LogP contribution in [0, 0.1) is 0 Å². The van der Waals surface area contributed by atoms with E-state index < -0.39 is 0 Å². The number of hydrogen-bond donors (Lipinski definition) is 1. The maximum absolute atomic E-state index is 9.84. The van der Waals surface area contributed by atoms with Gasteiger partial charge in [-0.2, -0.15) is 0 Å². The first-order valence-corrected chi connectivity index (χ1v) is 5.75. The number of aromatic hydroxyl groups is 1. The van der Waals surface area contributed by atoms with Crippen molar-refractivity contribution in [3.63, 3.8) is 0 Å². The molecule has 0 bridgehead atoms. The van der Waals surface area contributed by atoms with Crippen LogP contribution in [-0.2, 0) is 12.8 Å². The maximum atomic E-state index is 9.84. The molecule has 0 radical (unpaired) electrons. The first-order chi connectivity index (χ1) is 8.29. The van der Waals surface area contributed by atoms with Gasteiger partial charge < -0.3 is 5.11 Å². The average molecular weight is 224 g/mol. The van der Waals surface area contributed by atoms with Crippen molar-refractivity contribution < 1.29 is 5.11 Å². The van der Waals surface area contributed by atoms with Crippen LogP contribution in [0.4, 0.5) is 0 Å². The van der Waals surface area contributed by atoms with Gasteiger partial charge in [-0.1, -0.05) is 48.5 Å². The molecule has 0 heterocycles. The zero-order chi connectivity index (χ0) is 12.1. The summed E-state index contributed by atoms with van der Waals surface area (Å²) in [6.07, 6.45) is 3.47. The van der Waals surface area contributed by atoms with Crippen LogP contribution in [0.2, 0.25) is 0 Å². The molecule has 0 unspecified atom stereocenters. The third-order valence-corrected chi connectivity index (χ3v) is 2.76. The van der Waals surface area contributed by atoms with Crippen LogP contribution in [0.1, 0.15) is 16.7 Å². The fourth-order valence-corrected chi connectivity index (χ4v) is 1.89. The summed E-state index contributed by atoms with van der Waals surface area (Å²) in [6, 6.07) is 15.9. The molecular formula is C16H16O. The summed E-state index contributed by atoms with van der Waals surface area (Å²) >= 11 is 0. The lowest BCUT2D eigenvalue weighted by molar-refractivity contribution is 0.469. The van der Waals surface area contributed by atoms with E-state index in [9.17, 15) is 5.11 Å². The van der Waals surface area contributed by atoms with Crippen molar-refractivity contribution in [3.8, 4) is 5.75 Å². The van der Waals surface area contributed by atoms with Gasteiger partial charge in [-0.15, -0.1) is 6.58 Å². The van der Waals surface area contributed by atoms with E-state index >= 15 is 0 Å². The highest BCUT2D eigenvalue weighted by atomic mass is 16.3. The van der Waals surface area contributed by atoms with Gasteiger partial charge in [0.25, 0.3) is 0 Å². The Morgan fingerprint density at radius 1 is 1.00 bits per heavy atom. The van der Waals surface area contributed by atoms with Gasteiger partial charge in [0, 0.05) is 6.42 Å². The fraction of sp³-hybridized carbons (Fsp3) is 0.125. The number of hydrogen-bond acceptors (Lipinski definition) is 1. The van der Waals surface area contributed by atoms with E-state index in [1.165, 1.54) is 11.1 Å². The van der Waals surface area contributed by atoms with Crippen molar-refractivity contribution in [2.45, 2.75) is 12.8 Å². The molecule has 0 aromatic heterocycles. The lowest BCUT2D eigenvalue weighted by Gasteiger charge is -2.07. The predicted molar refractivity (Wildman–Crippen MR) is 71.3 cm³/mol. The molecule has 1 heteroatoms. The van der Waals surface area contributed by atoms with Crippen molar-refractivity contribution >= 4 is 0 Å². The van der Waals surface area contributed by atoms with E-state index in [1.54, 1.807) is 6.07 Å². The summed E-state index contributed by atoms with van der Waals surface area (Å²) < 4.78 is 0. The lowest BCUT2D eigenvalue weighted by Crippen LogP contribution is -1.91. The standard InChI is InChI=1S/C16H16O/c1-2-6-13-9-10-16(17)15(11-13)12-14-7-4-3-5-8-14/h2-5,7-11,17H,1,6,12H2. The molecule has 2 aromatic carbocycles. The van der Waals surface area contributed by atoms with Gasteiger partial charge in [0.15, 0.2) is 0 Å². The van der Waals surface area contributed by atoms with Gasteiger partial charge in [-0.05, 0) is 29.2 Å². The highest BCUT2D eigenvalue weighted by Crippen LogP contribution is 2.22. The topological polar surface area (TPSA) is 20.2 Å². The molecule has 2 aromatic rings. The second-order valence-electron chi connectivity index (χ2n) is 4.12. The minimum absolute atomic E-state index is 0.363. The summed E-state index contributed by atoms with van der Waals surface area (Å²) in [6.45, 7) is 3.73. The molecule has 0 aliphatic rings. The third kappa shape index (κ3) is 2.97. The second kappa shape index (κ2) is 5.35. The first kappa shape index (κ1) is 11.5. The molecule has 0 aliphatic carbocycles. The summed E-state index contributed by atoms with van der Waals surface area (Å²) in [5, 5.41) is 9.84. The molecule has 0 aliphatic heterocycles. The van der Waals surface area contributed by atoms with Gasteiger partial charge in [-0.25, -0.2) is 0 Å². The first-order valence-electron chi connectivity index (χ1n) is 5.75. The molecule has 1 N–H and O–H groups in total. The van der Waals surface area contributed by atoms with Gasteiger partial charge in [-0.3, -0.25) is 0 Å². The van der Waals surface area contributed by atoms with Crippen LogP contribution in [-0.4, -0.2) is 5.11 Å². The average Bonchev–Trinajstić information content (AvgIpc) is 2.35. The van der Waals surface area contributed by atoms with Gasteiger partial charge >= 0.3 is 0 Å². The van der Waals surface area contributed by atoms with Gasteiger partial charge in [0.1, 0.15) is 5.75 Å². The van der Waals surface area contributed by atoms with Crippen molar-refractivity contribution in [3.05, 3.63) is 77.9 Å². The minimum Gasteiger partial charge on any atom is -0.508 e. The number of rotatable bonds is 4. The monoisotopic (exact) mass is 224 g/mol. The van der Waals surface area contributed by atoms with E-state index in [4.69, 9.17) is 0 Å². The van der Waals surface area contributed by atoms with Gasteiger partial charge in [0.05, 0.1) is 0 Å². The number of benzene rings is 2. The largest absolute Gasteiger partial charge is 0.508 e. The predicted octanol–water partition coefficient (Wildman–Crippen LogP) is 3.71. The summed E-state index contributed by atoms with van der Waals surface area (Å²) in [5.74, 6) is 0.363. The molecule has 0 fully saturated rings.